The number of fused-ring (bicyclic) bond motifs is 1. The summed E-state index contributed by atoms with van der Waals surface area (Å²) in [7, 11) is -3.90. The van der Waals surface area contributed by atoms with Crippen molar-refractivity contribution in [2.45, 2.75) is 43.7 Å². The summed E-state index contributed by atoms with van der Waals surface area (Å²) >= 11 is 0. The first kappa shape index (κ1) is 19.6. The van der Waals surface area contributed by atoms with Gasteiger partial charge in [-0.1, -0.05) is 12.1 Å². The Morgan fingerprint density at radius 2 is 2.00 bits per heavy atom. The zero-order chi connectivity index (χ0) is 20.8. The fraction of sp³-hybridized carbons (Fsp3) is 0.333. The third-order valence-corrected chi connectivity index (χ3v) is 7.21. The minimum absolute atomic E-state index is 0.0745. The van der Waals surface area contributed by atoms with Gasteiger partial charge in [0, 0.05) is 12.6 Å². The predicted molar refractivity (Wildman–Crippen MR) is 107 cm³/mol. The smallest absolute Gasteiger partial charge is 0.243 e. The molecule has 2 heterocycles. The number of hydrogen-bond donors (Lipinski definition) is 0. The summed E-state index contributed by atoms with van der Waals surface area (Å²) in [5.41, 5.74) is 1.51. The Balaban J connectivity index is 1.82. The van der Waals surface area contributed by atoms with Crippen molar-refractivity contribution in [1.82, 2.24) is 13.9 Å². The van der Waals surface area contributed by atoms with E-state index in [2.05, 4.69) is 4.57 Å². The topological polar surface area (TPSA) is 79.0 Å². The minimum atomic E-state index is -3.90. The van der Waals surface area contributed by atoms with Crippen LogP contribution in [-0.4, -0.2) is 28.8 Å². The Morgan fingerprint density at radius 3 is 2.72 bits per heavy atom. The second-order valence-corrected chi connectivity index (χ2v) is 9.34. The molecular weight excluding hydrogens is 391 g/mol. The number of halogens is 1. The van der Waals surface area contributed by atoms with E-state index >= 15 is 0 Å². The van der Waals surface area contributed by atoms with Gasteiger partial charge in [0.25, 0.3) is 0 Å². The fourth-order valence-corrected chi connectivity index (χ4v) is 5.69. The third kappa shape index (κ3) is 3.20. The number of rotatable bonds is 4. The summed E-state index contributed by atoms with van der Waals surface area (Å²) < 4.78 is 43.9. The molecule has 1 aliphatic heterocycles. The number of sulfonamides is 1. The molecule has 1 fully saturated rings. The maximum Gasteiger partial charge on any atom is 0.243 e. The van der Waals surface area contributed by atoms with Gasteiger partial charge in [-0.05, 0) is 57.0 Å². The molecule has 1 saturated heterocycles. The van der Waals surface area contributed by atoms with Gasteiger partial charge >= 0.3 is 0 Å². The molecule has 0 N–H and O–H groups in total. The van der Waals surface area contributed by atoms with Crippen LogP contribution in [0.4, 0.5) is 4.39 Å². The molecule has 0 aliphatic carbocycles. The average molecular weight is 412 g/mol. The molecule has 0 unspecified atom stereocenters. The molecule has 1 atom stereocenters. The van der Waals surface area contributed by atoms with Crippen LogP contribution in [0.15, 0.2) is 47.4 Å². The van der Waals surface area contributed by atoms with Gasteiger partial charge in [-0.25, -0.2) is 17.8 Å². The van der Waals surface area contributed by atoms with E-state index in [9.17, 15) is 12.8 Å². The molecule has 4 rings (SSSR count). The highest BCUT2D eigenvalue weighted by Gasteiger charge is 2.39. The number of benzene rings is 2. The number of nitriles is 1. The first-order chi connectivity index (χ1) is 13.8. The van der Waals surface area contributed by atoms with Crippen LogP contribution in [0.2, 0.25) is 0 Å². The molecule has 1 aliphatic rings. The number of nitrogens with zero attached hydrogens (tertiary/aromatic N) is 4. The zero-order valence-corrected chi connectivity index (χ0v) is 17.0. The first-order valence-corrected chi connectivity index (χ1v) is 11.0. The van der Waals surface area contributed by atoms with Crippen LogP contribution >= 0.6 is 0 Å². The van der Waals surface area contributed by atoms with Gasteiger partial charge in [-0.2, -0.15) is 9.57 Å². The minimum Gasteiger partial charge on any atom is -0.324 e. The summed E-state index contributed by atoms with van der Waals surface area (Å²) in [6, 6.07) is 12.5. The van der Waals surface area contributed by atoms with E-state index in [1.165, 1.54) is 10.4 Å². The molecule has 0 spiro atoms. The van der Waals surface area contributed by atoms with E-state index in [1.807, 2.05) is 38.1 Å². The van der Waals surface area contributed by atoms with E-state index in [0.29, 0.717) is 25.2 Å². The number of para-hydroxylation sites is 2. The molecule has 0 amide bonds. The van der Waals surface area contributed by atoms with E-state index in [4.69, 9.17) is 10.2 Å². The lowest BCUT2D eigenvalue weighted by Gasteiger charge is -2.25. The molecule has 0 radical (unpaired) electrons. The van der Waals surface area contributed by atoms with Gasteiger partial charge < -0.3 is 4.57 Å². The first-order valence-electron chi connectivity index (χ1n) is 9.53. The maximum absolute atomic E-state index is 13.7. The Morgan fingerprint density at radius 1 is 1.24 bits per heavy atom. The van der Waals surface area contributed by atoms with Gasteiger partial charge in [0.15, 0.2) is 0 Å². The van der Waals surface area contributed by atoms with Crippen molar-refractivity contribution >= 4 is 21.1 Å². The molecule has 150 valence electrons. The van der Waals surface area contributed by atoms with Crippen molar-refractivity contribution in [1.29, 1.82) is 5.26 Å². The highest BCUT2D eigenvalue weighted by atomic mass is 32.2. The number of hydrogen-bond acceptors (Lipinski definition) is 4. The highest BCUT2D eigenvalue weighted by molar-refractivity contribution is 7.89. The Labute approximate surface area is 169 Å². The van der Waals surface area contributed by atoms with Gasteiger partial charge in [0.2, 0.25) is 10.0 Å². The number of imidazole rings is 1. The quantitative estimate of drug-likeness (QED) is 0.645. The van der Waals surface area contributed by atoms with E-state index in [-0.39, 0.29) is 16.5 Å². The summed E-state index contributed by atoms with van der Waals surface area (Å²) in [6.45, 7) is 4.45. The Hall–Kier alpha value is -2.76. The Bertz CT molecular complexity index is 1230. The van der Waals surface area contributed by atoms with Gasteiger partial charge in [-0.15, -0.1) is 0 Å². The Kier molecular flexibility index (Phi) is 4.89. The SMILES string of the molecule is CC(C)n1c([C@H]2CCCN2S(=O)(=O)c2ccc(F)c(C#N)c2)nc2ccccc21. The van der Waals surface area contributed by atoms with Crippen molar-refractivity contribution in [2.24, 2.45) is 0 Å². The van der Waals surface area contributed by atoms with Crippen molar-refractivity contribution in [3.05, 3.63) is 59.7 Å². The van der Waals surface area contributed by atoms with Crippen molar-refractivity contribution in [2.75, 3.05) is 6.54 Å². The largest absolute Gasteiger partial charge is 0.324 e. The third-order valence-electron chi connectivity index (χ3n) is 5.31. The van der Waals surface area contributed by atoms with Crippen LogP contribution in [-0.2, 0) is 10.0 Å². The highest BCUT2D eigenvalue weighted by Crippen LogP contribution is 2.38. The van der Waals surface area contributed by atoms with Gasteiger partial charge in [0.05, 0.1) is 27.5 Å². The fourth-order valence-electron chi connectivity index (χ4n) is 4.01. The van der Waals surface area contributed by atoms with Crippen LogP contribution in [0.3, 0.4) is 0 Å². The summed E-state index contributed by atoms with van der Waals surface area (Å²) in [5, 5.41) is 9.07. The standard InChI is InChI=1S/C21H21FN4O2S/c1-14(2)26-19-7-4-3-6-18(19)24-21(26)20-8-5-11-25(20)29(27,28)16-9-10-17(22)15(12-16)13-23/h3-4,6-7,9-10,12,14,20H,5,8,11H2,1-2H3/t20-/m1/s1. The molecule has 3 aromatic rings. The summed E-state index contributed by atoms with van der Waals surface area (Å²) in [6.07, 6.45) is 1.36. The second-order valence-electron chi connectivity index (χ2n) is 7.45. The maximum atomic E-state index is 13.7. The molecule has 6 nitrogen and oxygen atoms in total. The lowest BCUT2D eigenvalue weighted by molar-refractivity contribution is 0.368. The lowest BCUT2D eigenvalue weighted by atomic mass is 10.2. The van der Waals surface area contributed by atoms with Crippen LogP contribution in [0.5, 0.6) is 0 Å². The molecule has 1 aromatic heterocycles. The van der Waals surface area contributed by atoms with Crippen LogP contribution < -0.4 is 0 Å². The normalized spacial score (nSPS) is 17.8. The van der Waals surface area contributed by atoms with Gasteiger partial charge in [-0.3, -0.25) is 0 Å². The summed E-state index contributed by atoms with van der Waals surface area (Å²) in [4.78, 5) is 4.69. The van der Waals surface area contributed by atoms with Crippen LogP contribution in [0, 0.1) is 17.1 Å². The van der Waals surface area contributed by atoms with E-state index < -0.39 is 21.9 Å². The van der Waals surface area contributed by atoms with Crippen molar-refractivity contribution in [3.8, 4) is 6.07 Å². The average Bonchev–Trinajstić information content (AvgIpc) is 3.32. The predicted octanol–water partition coefficient (Wildman–Crippen LogP) is 4.15. The molecule has 29 heavy (non-hydrogen) atoms. The van der Waals surface area contributed by atoms with Crippen LogP contribution in [0.1, 0.15) is 50.2 Å². The number of aromatic nitrogens is 2. The molecule has 0 bridgehead atoms. The lowest BCUT2D eigenvalue weighted by Crippen LogP contribution is -2.32. The van der Waals surface area contributed by atoms with Crippen molar-refractivity contribution < 1.29 is 12.8 Å². The second kappa shape index (κ2) is 7.25. The molecule has 8 heteroatoms. The van der Waals surface area contributed by atoms with Gasteiger partial charge in [0.1, 0.15) is 17.7 Å². The van der Waals surface area contributed by atoms with E-state index in [1.54, 1.807) is 6.07 Å². The van der Waals surface area contributed by atoms with Crippen LogP contribution in [0.25, 0.3) is 11.0 Å². The summed E-state index contributed by atoms with van der Waals surface area (Å²) in [5.74, 6) is -0.0177. The van der Waals surface area contributed by atoms with Crippen molar-refractivity contribution in [3.63, 3.8) is 0 Å². The zero-order valence-electron chi connectivity index (χ0n) is 16.2. The molecular formula is C21H21FN4O2S. The molecule has 0 saturated carbocycles. The molecule has 2 aromatic carbocycles. The van der Waals surface area contributed by atoms with E-state index in [0.717, 1.165) is 23.2 Å². The monoisotopic (exact) mass is 412 g/mol.